The van der Waals surface area contributed by atoms with Gasteiger partial charge in [-0.3, -0.25) is 4.79 Å². The van der Waals surface area contributed by atoms with Crippen LogP contribution < -0.4 is 5.32 Å². The fourth-order valence-electron chi connectivity index (χ4n) is 2.51. The summed E-state index contributed by atoms with van der Waals surface area (Å²) in [6.07, 6.45) is -1.35. The van der Waals surface area contributed by atoms with E-state index >= 15 is 0 Å². The molecule has 3 unspecified atom stereocenters. The zero-order valence-corrected chi connectivity index (χ0v) is 10.7. The van der Waals surface area contributed by atoms with Crippen molar-refractivity contribution in [3.05, 3.63) is 0 Å². The SMILES string of the molecule is [B]C1(CO)O[C@@H](CO)C(NC(C)=O)C(O)[C@@H]1CC. The highest BCUT2D eigenvalue weighted by Crippen LogP contribution is 2.34. The molecule has 0 aliphatic carbocycles. The summed E-state index contributed by atoms with van der Waals surface area (Å²) in [5.74, 6) is -0.855. The molecule has 0 aromatic rings. The monoisotopic (exact) mass is 257 g/mol. The lowest BCUT2D eigenvalue weighted by molar-refractivity contribution is -0.200. The number of hydrogen-bond acceptors (Lipinski definition) is 5. The molecule has 0 aromatic carbocycles. The zero-order chi connectivity index (χ0) is 13.9. The second kappa shape index (κ2) is 6.01. The first-order valence-electron chi connectivity index (χ1n) is 6.03. The number of amides is 1. The van der Waals surface area contributed by atoms with Crippen molar-refractivity contribution in [2.45, 2.75) is 44.0 Å². The molecule has 6 nitrogen and oxygen atoms in total. The van der Waals surface area contributed by atoms with Crippen molar-refractivity contribution in [1.82, 2.24) is 5.32 Å². The van der Waals surface area contributed by atoms with Crippen LogP contribution in [0.5, 0.6) is 0 Å². The van der Waals surface area contributed by atoms with Gasteiger partial charge in [0.25, 0.3) is 0 Å². The van der Waals surface area contributed by atoms with Gasteiger partial charge in [-0.25, -0.2) is 0 Å². The quantitative estimate of drug-likeness (QED) is 0.442. The molecule has 4 N–H and O–H groups in total. The molecule has 102 valence electrons. The molecule has 1 heterocycles. The fraction of sp³-hybridized carbons (Fsp3) is 0.909. The van der Waals surface area contributed by atoms with E-state index in [1.54, 1.807) is 6.92 Å². The molecule has 0 spiro atoms. The Hall–Kier alpha value is -0.625. The highest BCUT2D eigenvalue weighted by Gasteiger charge is 2.50. The van der Waals surface area contributed by atoms with Crippen molar-refractivity contribution in [2.24, 2.45) is 5.92 Å². The molecular formula is C11H20BNO5. The molecule has 0 aromatic heterocycles. The molecule has 0 saturated carbocycles. The minimum Gasteiger partial charge on any atom is -0.394 e. The first kappa shape index (κ1) is 15.4. The van der Waals surface area contributed by atoms with Gasteiger partial charge in [-0.15, -0.1) is 0 Å². The van der Waals surface area contributed by atoms with Crippen LogP contribution in [0.3, 0.4) is 0 Å². The summed E-state index contributed by atoms with van der Waals surface area (Å²) in [6, 6.07) is -0.735. The van der Waals surface area contributed by atoms with Crippen LogP contribution in [0.25, 0.3) is 0 Å². The van der Waals surface area contributed by atoms with E-state index in [-0.39, 0.29) is 5.91 Å². The van der Waals surface area contributed by atoms with Crippen LogP contribution in [0, 0.1) is 5.92 Å². The Morgan fingerprint density at radius 2 is 2.11 bits per heavy atom. The van der Waals surface area contributed by atoms with Crippen molar-refractivity contribution in [2.75, 3.05) is 13.2 Å². The van der Waals surface area contributed by atoms with E-state index in [1.807, 2.05) is 0 Å². The predicted octanol–water partition coefficient (Wildman–Crippen LogP) is -1.87. The summed E-state index contributed by atoms with van der Waals surface area (Å²) in [5.41, 5.74) is -1.41. The van der Waals surface area contributed by atoms with Gasteiger partial charge >= 0.3 is 0 Å². The lowest BCUT2D eigenvalue weighted by atomic mass is 9.64. The third kappa shape index (κ3) is 2.85. The van der Waals surface area contributed by atoms with Crippen molar-refractivity contribution in [3.63, 3.8) is 0 Å². The summed E-state index contributed by atoms with van der Waals surface area (Å²) >= 11 is 0. The standard InChI is InChI=1S/C11H20BNO5/c1-3-7-10(17)9(13-6(2)16)8(4-14)18-11(7,12)5-15/h7-10,14-15,17H,3-5H2,1-2H3,(H,13,16)/t7-,8-,9?,10?,11?/m0/s1. The molecule has 1 aliphatic rings. The van der Waals surface area contributed by atoms with Crippen LogP contribution in [0.2, 0.25) is 0 Å². The third-order valence-corrected chi connectivity index (χ3v) is 3.42. The third-order valence-electron chi connectivity index (χ3n) is 3.42. The minimum absolute atomic E-state index is 0.329. The minimum atomic E-state index is -1.41. The number of aliphatic hydroxyl groups excluding tert-OH is 3. The van der Waals surface area contributed by atoms with Crippen LogP contribution in [0.1, 0.15) is 20.3 Å². The van der Waals surface area contributed by atoms with Gasteiger partial charge in [-0.1, -0.05) is 6.92 Å². The molecule has 0 bridgehead atoms. The lowest BCUT2D eigenvalue weighted by Crippen LogP contribution is -2.67. The summed E-state index contributed by atoms with van der Waals surface area (Å²) < 4.78 is 5.46. The van der Waals surface area contributed by atoms with Crippen LogP contribution in [-0.2, 0) is 9.53 Å². The number of nitrogens with one attached hydrogen (secondary N) is 1. The van der Waals surface area contributed by atoms with Gasteiger partial charge in [-0.05, 0) is 6.42 Å². The number of carbonyl (C=O) groups excluding carboxylic acids is 1. The number of aliphatic hydroxyl groups is 3. The van der Waals surface area contributed by atoms with E-state index in [1.165, 1.54) is 6.92 Å². The Balaban J connectivity index is 2.97. The molecule has 1 fully saturated rings. The second-order valence-electron chi connectivity index (χ2n) is 4.68. The van der Waals surface area contributed by atoms with Crippen molar-refractivity contribution < 1.29 is 24.9 Å². The van der Waals surface area contributed by atoms with E-state index in [9.17, 15) is 20.1 Å². The van der Waals surface area contributed by atoms with Crippen LogP contribution >= 0.6 is 0 Å². The number of hydrogen-bond donors (Lipinski definition) is 4. The molecule has 7 heteroatoms. The van der Waals surface area contributed by atoms with E-state index in [0.717, 1.165) is 0 Å². The summed E-state index contributed by atoms with van der Waals surface area (Å²) in [4.78, 5) is 11.1. The highest BCUT2D eigenvalue weighted by molar-refractivity contribution is 6.15. The molecule has 1 rings (SSSR count). The maximum absolute atomic E-state index is 11.1. The van der Waals surface area contributed by atoms with Crippen LogP contribution in [0.15, 0.2) is 0 Å². The van der Waals surface area contributed by atoms with Gasteiger partial charge in [0.15, 0.2) is 0 Å². The van der Waals surface area contributed by atoms with Gasteiger partial charge in [0.1, 0.15) is 14.0 Å². The lowest BCUT2D eigenvalue weighted by Gasteiger charge is -2.50. The Morgan fingerprint density at radius 1 is 1.50 bits per heavy atom. The van der Waals surface area contributed by atoms with Crippen LogP contribution in [-0.4, -0.2) is 66.0 Å². The first-order valence-corrected chi connectivity index (χ1v) is 6.03. The number of ether oxygens (including phenoxy) is 1. The van der Waals surface area contributed by atoms with Gasteiger partial charge in [0.05, 0.1) is 30.9 Å². The smallest absolute Gasteiger partial charge is 0.217 e. The second-order valence-corrected chi connectivity index (χ2v) is 4.68. The predicted molar refractivity (Wildman–Crippen MR) is 64.9 cm³/mol. The Labute approximate surface area is 108 Å². The van der Waals surface area contributed by atoms with Gasteiger partial charge in [0, 0.05) is 12.8 Å². The molecule has 1 aliphatic heterocycles. The molecule has 18 heavy (non-hydrogen) atoms. The average Bonchev–Trinajstić information content (AvgIpc) is 2.32. The van der Waals surface area contributed by atoms with Crippen molar-refractivity contribution >= 4 is 13.8 Å². The van der Waals surface area contributed by atoms with Gasteiger partial charge in [-0.2, -0.15) is 0 Å². The molecule has 2 radical (unpaired) electrons. The fourth-order valence-corrected chi connectivity index (χ4v) is 2.51. The first-order chi connectivity index (χ1) is 8.39. The largest absolute Gasteiger partial charge is 0.394 e. The summed E-state index contributed by atoms with van der Waals surface area (Å²) in [5, 5.41) is 31.4. The molecule has 1 amide bonds. The van der Waals surface area contributed by atoms with E-state index in [2.05, 4.69) is 5.32 Å². The average molecular weight is 257 g/mol. The Morgan fingerprint density at radius 3 is 2.50 bits per heavy atom. The van der Waals surface area contributed by atoms with Crippen molar-refractivity contribution in [1.29, 1.82) is 0 Å². The Kier molecular flexibility index (Phi) is 5.15. The molecule has 5 atom stereocenters. The normalized spacial score (nSPS) is 40.5. The highest BCUT2D eigenvalue weighted by atomic mass is 16.5. The topological polar surface area (TPSA) is 99.0 Å². The maximum Gasteiger partial charge on any atom is 0.217 e. The van der Waals surface area contributed by atoms with Crippen LogP contribution in [0.4, 0.5) is 0 Å². The molecule has 1 saturated heterocycles. The van der Waals surface area contributed by atoms with E-state index in [0.29, 0.717) is 6.42 Å². The Bertz CT molecular complexity index is 303. The van der Waals surface area contributed by atoms with E-state index in [4.69, 9.17) is 12.6 Å². The van der Waals surface area contributed by atoms with Gasteiger partial charge < -0.3 is 25.4 Å². The summed E-state index contributed by atoms with van der Waals surface area (Å²) in [7, 11) is 5.91. The molecular weight excluding hydrogens is 237 g/mol. The maximum atomic E-state index is 11.1. The number of rotatable bonds is 4. The van der Waals surface area contributed by atoms with Gasteiger partial charge in [0.2, 0.25) is 5.91 Å². The van der Waals surface area contributed by atoms with Crippen molar-refractivity contribution in [3.8, 4) is 0 Å². The zero-order valence-electron chi connectivity index (χ0n) is 10.7. The number of carbonyl (C=O) groups is 1. The summed E-state index contributed by atoms with van der Waals surface area (Å²) in [6.45, 7) is 2.25. The van der Waals surface area contributed by atoms with E-state index < -0.39 is 42.9 Å².